The first-order valence-electron chi connectivity index (χ1n) is 9.65. The van der Waals surface area contributed by atoms with Crippen molar-refractivity contribution in [1.29, 1.82) is 0 Å². The molecule has 0 fully saturated rings. The lowest BCUT2D eigenvalue weighted by Gasteiger charge is -2.17. The summed E-state index contributed by atoms with van der Waals surface area (Å²) in [6.45, 7) is 8.69. The van der Waals surface area contributed by atoms with Crippen LogP contribution in [-0.2, 0) is 13.6 Å². The van der Waals surface area contributed by atoms with Gasteiger partial charge in [0.05, 0.1) is 32.0 Å². The Morgan fingerprint density at radius 2 is 2.00 bits per heavy atom. The van der Waals surface area contributed by atoms with Gasteiger partial charge in [-0.2, -0.15) is 0 Å². The average molecular weight is 418 g/mol. The third kappa shape index (κ3) is 4.78. The van der Waals surface area contributed by atoms with E-state index in [0.717, 1.165) is 27.7 Å². The minimum Gasteiger partial charge on any atom is -0.497 e. The van der Waals surface area contributed by atoms with Crippen molar-refractivity contribution in [2.75, 3.05) is 38.3 Å². The smallest absolute Gasteiger partial charge is 0.330 e. The first-order chi connectivity index (χ1) is 14.0. The zero-order valence-electron chi connectivity index (χ0n) is 17.0. The van der Waals surface area contributed by atoms with E-state index in [2.05, 4.69) is 26.8 Å². The Labute approximate surface area is 170 Å². The van der Waals surface area contributed by atoms with Crippen molar-refractivity contribution < 1.29 is 18.3 Å². The summed E-state index contributed by atoms with van der Waals surface area (Å²) in [5.74, 6) is 1.96. The molecule has 0 bridgehead atoms. The van der Waals surface area contributed by atoms with E-state index >= 15 is 0 Å². The van der Waals surface area contributed by atoms with Crippen LogP contribution in [0.3, 0.4) is 0 Å². The van der Waals surface area contributed by atoms with E-state index < -0.39 is 7.60 Å². The summed E-state index contributed by atoms with van der Waals surface area (Å²) in [7, 11) is -1.41. The molecule has 3 rings (SSSR count). The van der Waals surface area contributed by atoms with Crippen LogP contribution in [0.15, 0.2) is 24.8 Å². The van der Waals surface area contributed by atoms with Crippen LogP contribution in [0.2, 0.25) is 0 Å². The predicted molar refractivity (Wildman–Crippen MR) is 117 cm³/mol. The fraction of sp³-hybridized carbons (Fsp3) is 0.400. The number of fused-ring (bicyclic) bond motifs is 3. The molecule has 9 heteroatoms. The number of methoxy groups -OCH3 is 1. The van der Waals surface area contributed by atoms with Gasteiger partial charge in [-0.15, -0.1) is 0 Å². The van der Waals surface area contributed by atoms with Crippen molar-refractivity contribution in [3.63, 3.8) is 0 Å². The lowest BCUT2D eigenvalue weighted by Crippen LogP contribution is -2.09. The third-order valence-electron chi connectivity index (χ3n) is 4.40. The van der Waals surface area contributed by atoms with Gasteiger partial charge in [0.15, 0.2) is 11.6 Å². The molecular weight excluding hydrogens is 391 g/mol. The van der Waals surface area contributed by atoms with Crippen LogP contribution in [0.25, 0.3) is 28.0 Å². The number of benzene rings is 1. The molecule has 1 aromatic carbocycles. The summed E-state index contributed by atoms with van der Waals surface area (Å²) >= 11 is 0. The van der Waals surface area contributed by atoms with Crippen LogP contribution < -0.4 is 10.1 Å². The fourth-order valence-electron chi connectivity index (χ4n) is 3.14. The Balaban J connectivity index is 1.83. The lowest BCUT2D eigenvalue weighted by atomic mass is 10.2. The lowest BCUT2D eigenvalue weighted by molar-refractivity contribution is 0.220. The molecule has 0 atom stereocenters. The Kier molecular flexibility index (Phi) is 6.90. The molecule has 0 aliphatic rings. The van der Waals surface area contributed by atoms with Gasteiger partial charge in [0, 0.05) is 18.0 Å². The molecule has 29 heavy (non-hydrogen) atoms. The monoisotopic (exact) mass is 418 g/mol. The number of nitrogens with zero attached hydrogens (tertiary/aromatic N) is 2. The zero-order valence-corrected chi connectivity index (χ0v) is 17.9. The summed E-state index contributed by atoms with van der Waals surface area (Å²) in [5.41, 5.74) is 2.52. The fourth-order valence-corrected chi connectivity index (χ4v) is 4.81. The molecule has 0 unspecified atom stereocenters. The molecule has 0 spiro atoms. The maximum absolute atomic E-state index is 12.6. The number of aromatic nitrogens is 3. The van der Waals surface area contributed by atoms with Crippen molar-refractivity contribution in [2.24, 2.45) is 0 Å². The molecule has 2 N–H and O–H groups in total. The number of H-pyrrole nitrogens is 1. The molecule has 2 aromatic heterocycles. The SMILES string of the molecule is C=Cc1nc(NCCCP(=O)(OCC)OCC)c2[nH]c3cc(OC)ccc3c2n1. The zero-order chi connectivity index (χ0) is 20.9. The first-order valence-corrected chi connectivity index (χ1v) is 11.4. The van der Waals surface area contributed by atoms with Crippen molar-refractivity contribution in [3.8, 4) is 5.75 Å². The molecule has 0 saturated carbocycles. The second-order valence-electron chi connectivity index (χ2n) is 6.35. The van der Waals surface area contributed by atoms with E-state index in [1.165, 1.54) is 0 Å². The Morgan fingerprint density at radius 3 is 2.66 bits per heavy atom. The third-order valence-corrected chi connectivity index (χ3v) is 6.57. The second kappa shape index (κ2) is 9.39. The Morgan fingerprint density at radius 1 is 1.24 bits per heavy atom. The Bertz CT molecular complexity index is 1040. The molecule has 0 aliphatic heterocycles. The second-order valence-corrected chi connectivity index (χ2v) is 8.53. The van der Waals surface area contributed by atoms with Gasteiger partial charge in [0.1, 0.15) is 16.8 Å². The minimum absolute atomic E-state index is 0.341. The summed E-state index contributed by atoms with van der Waals surface area (Å²) in [4.78, 5) is 12.5. The van der Waals surface area contributed by atoms with Gasteiger partial charge in [-0.05, 0) is 38.5 Å². The summed E-state index contributed by atoms with van der Waals surface area (Å²) in [5, 5.41) is 4.29. The first kappa shape index (κ1) is 21.3. The molecule has 8 nitrogen and oxygen atoms in total. The van der Waals surface area contributed by atoms with Gasteiger partial charge in [0.2, 0.25) is 0 Å². The van der Waals surface area contributed by atoms with Gasteiger partial charge in [-0.1, -0.05) is 6.58 Å². The van der Waals surface area contributed by atoms with E-state index in [1.54, 1.807) is 13.2 Å². The molecule has 0 radical (unpaired) electrons. The Hall–Kier alpha value is -2.41. The number of ether oxygens (including phenoxy) is 1. The largest absolute Gasteiger partial charge is 0.497 e. The highest BCUT2D eigenvalue weighted by molar-refractivity contribution is 7.53. The summed E-state index contributed by atoms with van der Waals surface area (Å²) in [6, 6.07) is 5.79. The van der Waals surface area contributed by atoms with Gasteiger partial charge in [0.25, 0.3) is 0 Å². The van der Waals surface area contributed by atoms with E-state index in [0.29, 0.717) is 44.0 Å². The quantitative estimate of drug-likeness (QED) is 0.340. The van der Waals surface area contributed by atoms with Gasteiger partial charge >= 0.3 is 7.60 Å². The molecule has 2 heterocycles. The predicted octanol–water partition coefficient (Wildman–Crippen LogP) is 4.83. The van der Waals surface area contributed by atoms with Crippen LogP contribution in [0.5, 0.6) is 5.75 Å². The highest BCUT2D eigenvalue weighted by atomic mass is 31.2. The molecule has 3 aromatic rings. The number of aromatic amines is 1. The van der Waals surface area contributed by atoms with E-state index in [-0.39, 0.29) is 0 Å². The topological polar surface area (TPSA) is 98.4 Å². The van der Waals surface area contributed by atoms with Gasteiger partial charge in [-0.3, -0.25) is 4.57 Å². The number of hydrogen-bond acceptors (Lipinski definition) is 7. The normalized spacial score (nSPS) is 11.8. The summed E-state index contributed by atoms with van der Waals surface area (Å²) < 4.78 is 28.6. The van der Waals surface area contributed by atoms with Crippen molar-refractivity contribution in [2.45, 2.75) is 20.3 Å². The van der Waals surface area contributed by atoms with Crippen LogP contribution in [0, 0.1) is 0 Å². The number of rotatable bonds is 11. The average Bonchev–Trinajstić information content (AvgIpc) is 3.09. The maximum Gasteiger partial charge on any atom is 0.330 e. The van der Waals surface area contributed by atoms with Crippen LogP contribution in [0.1, 0.15) is 26.1 Å². The van der Waals surface area contributed by atoms with E-state index in [9.17, 15) is 4.57 Å². The van der Waals surface area contributed by atoms with Crippen LogP contribution in [-0.4, -0.2) is 48.0 Å². The highest BCUT2D eigenvalue weighted by Crippen LogP contribution is 2.48. The van der Waals surface area contributed by atoms with Crippen molar-refractivity contribution in [3.05, 3.63) is 30.6 Å². The standard InChI is InChI=1S/C20H27N4O4P/c1-5-17-23-18-15-10-9-14(26-4)13-16(15)22-19(18)20(24-17)21-11-8-12-29(25,27-6-2)28-7-3/h5,9-10,13,22H,1,6-8,11-12H2,2-4H3,(H,21,23,24). The van der Waals surface area contributed by atoms with Gasteiger partial charge in [-0.25, -0.2) is 9.97 Å². The molecule has 0 aliphatic carbocycles. The van der Waals surface area contributed by atoms with Crippen molar-refractivity contribution >= 4 is 41.4 Å². The van der Waals surface area contributed by atoms with Crippen LogP contribution >= 0.6 is 7.60 Å². The number of nitrogens with one attached hydrogen (secondary N) is 2. The highest BCUT2D eigenvalue weighted by Gasteiger charge is 2.22. The van der Waals surface area contributed by atoms with Gasteiger partial charge < -0.3 is 24.1 Å². The number of anilines is 1. The molecule has 0 saturated heterocycles. The number of hydrogen-bond donors (Lipinski definition) is 2. The summed E-state index contributed by atoms with van der Waals surface area (Å²) in [6.07, 6.45) is 2.57. The molecule has 0 amide bonds. The molecule has 156 valence electrons. The van der Waals surface area contributed by atoms with Crippen molar-refractivity contribution in [1.82, 2.24) is 15.0 Å². The van der Waals surface area contributed by atoms with E-state index in [4.69, 9.17) is 13.8 Å². The minimum atomic E-state index is -3.05. The maximum atomic E-state index is 12.6. The van der Waals surface area contributed by atoms with E-state index in [1.807, 2.05) is 32.0 Å². The van der Waals surface area contributed by atoms with Crippen LogP contribution in [0.4, 0.5) is 5.82 Å². The molecular formula is C20H27N4O4P.